The second-order valence-electron chi connectivity index (χ2n) is 6.59. The van der Waals surface area contributed by atoms with Gasteiger partial charge in [-0.2, -0.15) is 0 Å². The Morgan fingerprint density at radius 2 is 1.90 bits per heavy atom. The van der Waals surface area contributed by atoms with Crippen LogP contribution in [0.4, 0.5) is 0 Å². The van der Waals surface area contributed by atoms with Crippen LogP contribution in [-0.2, 0) is 9.53 Å². The van der Waals surface area contributed by atoms with Gasteiger partial charge in [0.25, 0.3) is 0 Å². The lowest BCUT2D eigenvalue weighted by molar-refractivity contribution is -0.153. The number of esters is 1. The molecule has 1 atom stereocenters. The molecule has 0 aromatic rings. The van der Waals surface area contributed by atoms with Gasteiger partial charge >= 0.3 is 5.97 Å². The summed E-state index contributed by atoms with van der Waals surface area (Å²) in [6.07, 6.45) is 7.08. The summed E-state index contributed by atoms with van der Waals surface area (Å²) >= 11 is 0. The zero-order valence-electron chi connectivity index (χ0n) is 14.0. The fourth-order valence-corrected chi connectivity index (χ4v) is 3.25. The van der Waals surface area contributed by atoms with E-state index in [0.717, 1.165) is 45.3 Å². The maximum absolute atomic E-state index is 12.7. The van der Waals surface area contributed by atoms with Gasteiger partial charge in [0.15, 0.2) is 0 Å². The van der Waals surface area contributed by atoms with Crippen molar-refractivity contribution in [1.82, 2.24) is 10.2 Å². The number of nitrogens with zero attached hydrogens (tertiary/aromatic N) is 1. The molecule has 0 heterocycles. The van der Waals surface area contributed by atoms with E-state index in [1.807, 2.05) is 6.92 Å². The van der Waals surface area contributed by atoms with Gasteiger partial charge in [-0.3, -0.25) is 4.90 Å². The second kappa shape index (κ2) is 7.59. The average molecular weight is 296 g/mol. The summed E-state index contributed by atoms with van der Waals surface area (Å²) in [7, 11) is 0. The van der Waals surface area contributed by atoms with Gasteiger partial charge in [-0.05, 0) is 64.5 Å². The van der Waals surface area contributed by atoms with E-state index in [4.69, 9.17) is 4.74 Å². The molecule has 2 aliphatic carbocycles. The first-order valence-corrected chi connectivity index (χ1v) is 8.84. The second-order valence-corrected chi connectivity index (χ2v) is 6.59. The van der Waals surface area contributed by atoms with Crippen LogP contribution in [0.2, 0.25) is 0 Å². The summed E-state index contributed by atoms with van der Waals surface area (Å²) in [6.45, 7) is 9.55. The Morgan fingerprint density at radius 1 is 1.19 bits per heavy atom. The van der Waals surface area contributed by atoms with E-state index in [2.05, 4.69) is 24.1 Å². The quantitative estimate of drug-likeness (QED) is 0.595. The van der Waals surface area contributed by atoms with Gasteiger partial charge < -0.3 is 10.1 Å². The zero-order valence-corrected chi connectivity index (χ0v) is 14.0. The minimum atomic E-state index is -0.468. The summed E-state index contributed by atoms with van der Waals surface area (Å²) in [5.74, 6) is 0.434. The molecular weight excluding hydrogens is 264 g/mol. The van der Waals surface area contributed by atoms with Crippen molar-refractivity contribution >= 4 is 5.97 Å². The van der Waals surface area contributed by atoms with Crippen LogP contribution in [0.5, 0.6) is 0 Å². The smallest absolute Gasteiger partial charge is 0.327 e. The monoisotopic (exact) mass is 296 g/mol. The average Bonchev–Trinajstić information content (AvgIpc) is 3.34. The number of nitrogens with one attached hydrogen (secondary N) is 1. The summed E-state index contributed by atoms with van der Waals surface area (Å²) in [6, 6.07) is 0.695. The van der Waals surface area contributed by atoms with Crippen LogP contribution in [-0.4, -0.2) is 48.7 Å². The molecule has 1 unspecified atom stereocenters. The van der Waals surface area contributed by atoms with Gasteiger partial charge in [-0.15, -0.1) is 0 Å². The molecular formula is C17H32N2O2. The van der Waals surface area contributed by atoms with E-state index in [0.29, 0.717) is 18.6 Å². The van der Waals surface area contributed by atoms with Crippen LogP contribution in [0.1, 0.15) is 59.3 Å². The van der Waals surface area contributed by atoms with E-state index in [-0.39, 0.29) is 5.97 Å². The van der Waals surface area contributed by atoms with E-state index in [9.17, 15) is 4.79 Å². The Morgan fingerprint density at radius 3 is 2.38 bits per heavy atom. The van der Waals surface area contributed by atoms with Crippen molar-refractivity contribution < 1.29 is 9.53 Å². The molecule has 0 bridgehead atoms. The van der Waals surface area contributed by atoms with Gasteiger partial charge in [-0.25, -0.2) is 4.79 Å². The molecule has 0 aliphatic heterocycles. The Hall–Kier alpha value is -0.610. The fourth-order valence-electron chi connectivity index (χ4n) is 3.25. The van der Waals surface area contributed by atoms with Gasteiger partial charge in [0.05, 0.1) is 6.61 Å². The summed E-state index contributed by atoms with van der Waals surface area (Å²) < 4.78 is 5.46. The van der Waals surface area contributed by atoms with Crippen LogP contribution in [0.15, 0.2) is 0 Å². The van der Waals surface area contributed by atoms with E-state index in [1.54, 1.807) is 0 Å². The number of carbonyl (C=O) groups is 1. The zero-order chi connectivity index (χ0) is 15.3. The van der Waals surface area contributed by atoms with E-state index in [1.165, 1.54) is 12.8 Å². The van der Waals surface area contributed by atoms with Gasteiger partial charge in [0.2, 0.25) is 0 Å². The van der Waals surface area contributed by atoms with Crippen LogP contribution in [0.3, 0.4) is 0 Å². The summed E-state index contributed by atoms with van der Waals surface area (Å²) in [5.41, 5.74) is -0.468. The highest BCUT2D eigenvalue weighted by atomic mass is 16.5. The number of hydrogen-bond donors (Lipinski definition) is 1. The van der Waals surface area contributed by atoms with Crippen LogP contribution >= 0.6 is 0 Å². The maximum atomic E-state index is 12.7. The Kier molecular flexibility index (Phi) is 6.06. The minimum Gasteiger partial charge on any atom is -0.465 e. The number of carbonyl (C=O) groups excluding carboxylic acids is 1. The first kappa shape index (κ1) is 16.8. The van der Waals surface area contributed by atoms with E-state index < -0.39 is 5.54 Å². The van der Waals surface area contributed by atoms with Crippen molar-refractivity contribution in [2.75, 3.05) is 26.2 Å². The lowest BCUT2D eigenvalue weighted by Gasteiger charge is -2.37. The largest absolute Gasteiger partial charge is 0.465 e. The number of ether oxygens (including phenoxy) is 1. The molecule has 0 aromatic heterocycles. The van der Waals surface area contributed by atoms with Crippen LogP contribution in [0, 0.1) is 5.92 Å². The molecule has 122 valence electrons. The van der Waals surface area contributed by atoms with Crippen molar-refractivity contribution in [1.29, 1.82) is 0 Å². The predicted octanol–water partition coefficient (Wildman–Crippen LogP) is 2.57. The molecule has 2 saturated carbocycles. The van der Waals surface area contributed by atoms with Crippen molar-refractivity contribution in [3.05, 3.63) is 0 Å². The van der Waals surface area contributed by atoms with Gasteiger partial charge in [0, 0.05) is 12.6 Å². The molecule has 2 rings (SSSR count). The molecule has 0 spiro atoms. The van der Waals surface area contributed by atoms with Crippen molar-refractivity contribution in [2.45, 2.75) is 70.9 Å². The lowest BCUT2D eigenvalue weighted by Crippen LogP contribution is -2.62. The van der Waals surface area contributed by atoms with Crippen LogP contribution in [0.25, 0.3) is 0 Å². The molecule has 4 nitrogen and oxygen atoms in total. The Balaban J connectivity index is 2.13. The van der Waals surface area contributed by atoms with Gasteiger partial charge in [-0.1, -0.05) is 13.8 Å². The highest BCUT2D eigenvalue weighted by Gasteiger charge is 2.53. The first-order valence-electron chi connectivity index (χ1n) is 8.84. The molecule has 2 aliphatic rings. The molecule has 0 saturated heterocycles. The van der Waals surface area contributed by atoms with Crippen LogP contribution < -0.4 is 5.32 Å². The number of rotatable bonds is 11. The number of hydrogen-bond acceptors (Lipinski definition) is 4. The molecule has 0 radical (unpaired) electrons. The normalized spacial score (nSPS) is 21.3. The van der Waals surface area contributed by atoms with Crippen molar-refractivity contribution in [3.63, 3.8) is 0 Å². The molecule has 1 N–H and O–H groups in total. The fraction of sp³-hybridized carbons (Fsp3) is 0.941. The summed E-state index contributed by atoms with van der Waals surface area (Å²) in [4.78, 5) is 15.2. The molecule has 2 fully saturated rings. The van der Waals surface area contributed by atoms with E-state index >= 15 is 0 Å². The molecule has 21 heavy (non-hydrogen) atoms. The third-order valence-electron chi connectivity index (χ3n) is 4.63. The summed E-state index contributed by atoms with van der Waals surface area (Å²) in [5, 5.41) is 3.58. The molecule has 4 heteroatoms. The lowest BCUT2D eigenvalue weighted by atomic mass is 9.91. The molecule has 0 amide bonds. The first-order chi connectivity index (χ1) is 10.2. The maximum Gasteiger partial charge on any atom is 0.327 e. The third kappa shape index (κ3) is 4.19. The topological polar surface area (TPSA) is 41.6 Å². The van der Waals surface area contributed by atoms with Crippen molar-refractivity contribution in [3.8, 4) is 0 Å². The molecule has 0 aromatic carbocycles. The minimum absolute atomic E-state index is 0.0253. The SMILES string of the molecule is CCCNC(CN(CCC)C1CC1)(C(=O)OCC)C1CC1. The van der Waals surface area contributed by atoms with Gasteiger partial charge in [0.1, 0.15) is 5.54 Å². The Labute approximate surface area is 129 Å². The predicted molar refractivity (Wildman–Crippen MR) is 85.3 cm³/mol. The Bertz CT molecular complexity index is 340. The van der Waals surface area contributed by atoms with Crippen molar-refractivity contribution in [2.24, 2.45) is 5.92 Å². The highest BCUT2D eigenvalue weighted by molar-refractivity contribution is 5.82. The highest BCUT2D eigenvalue weighted by Crippen LogP contribution is 2.42. The standard InChI is InChI=1S/C17H32N2O2/c1-4-11-18-17(14-7-8-14,16(20)21-6-3)13-19(12-5-2)15-9-10-15/h14-15,18H,4-13H2,1-3H3. The third-order valence-corrected chi connectivity index (χ3v) is 4.63.